The molecule has 0 aromatic heterocycles. The Kier molecular flexibility index (Phi) is 5.15. The number of halogens is 2. The Morgan fingerprint density at radius 3 is 2.52 bits per heavy atom. The van der Waals surface area contributed by atoms with Crippen molar-refractivity contribution in [2.24, 2.45) is 17.1 Å². The van der Waals surface area contributed by atoms with Crippen molar-refractivity contribution in [1.29, 1.82) is 0 Å². The van der Waals surface area contributed by atoms with Crippen molar-refractivity contribution >= 4 is 15.9 Å². The van der Waals surface area contributed by atoms with E-state index in [-0.39, 0.29) is 11.4 Å². The van der Waals surface area contributed by atoms with Crippen molar-refractivity contribution in [3.05, 3.63) is 34.1 Å². The SMILES string of the molecule is CCC(C)(C)C1CCC(N)(Cc2cc(Br)ccc2F)CC1. The first-order valence-electron chi connectivity index (χ1n) is 7.98. The summed E-state index contributed by atoms with van der Waals surface area (Å²) in [5.74, 6) is 0.602. The van der Waals surface area contributed by atoms with Crippen LogP contribution >= 0.6 is 15.9 Å². The summed E-state index contributed by atoms with van der Waals surface area (Å²) in [6.07, 6.45) is 6.15. The lowest BCUT2D eigenvalue weighted by atomic mass is 9.65. The van der Waals surface area contributed by atoms with E-state index in [9.17, 15) is 4.39 Å². The maximum Gasteiger partial charge on any atom is 0.126 e. The molecule has 1 aromatic carbocycles. The molecule has 2 rings (SSSR count). The molecule has 0 spiro atoms. The molecule has 1 aliphatic rings. The molecule has 0 unspecified atom stereocenters. The fourth-order valence-electron chi connectivity index (χ4n) is 3.50. The quantitative estimate of drug-likeness (QED) is 0.762. The number of benzene rings is 1. The molecule has 0 atom stereocenters. The van der Waals surface area contributed by atoms with Crippen LogP contribution in [0.4, 0.5) is 4.39 Å². The summed E-state index contributed by atoms with van der Waals surface area (Å²) in [4.78, 5) is 0. The number of rotatable bonds is 4. The van der Waals surface area contributed by atoms with E-state index in [1.165, 1.54) is 12.5 Å². The van der Waals surface area contributed by atoms with Gasteiger partial charge in [0, 0.05) is 10.0 Å². The summed E-state index contributed by atoms with van der Waals surface area (Å²) in [6.45, 7) is 6.98. The van der Waals surface area contributed by atoms with Crippen LogP contribution in [0.1, 0.15) is 58.4 Å². The molecule has 1 saturated carbocycles. The van der Waals surface area contributed by atoms with Gasteiger partial charge in [0.2, 0.25) is 0 Å². The van der Waals surface area contributed by atoms with E-state index in [2.05, 4.69) is 36.7 Å². The van der Waals surface area contributed by atoms with E-state index in [0.29, 0.717) is 11.8 Å². The van der Waals surface area contributed by atoms with Crippen LogP contribution in [-0.2, 0) is 6.42 Å². The van der Waals surface area contributed by atoms with Crippen LogP contribution in [0.15, 0.2) is 22.7 Å². The molecule has 0 saturated heterocycles. The number of hydrogen-bond donors (Lipinski definition) is 1. The molecule has 1 fully saturated rings. The Hall–Kier alpha value is -0.410. The van der Waals surface area contributed by atoms with Gasteiger partial charge in [-0.25, -0.2) is 4.39 Å². The van der Waals surface area contributed by atoms with Crippen LogP contribution in [0.2, 0.25) is 0 Å². The molecular weight excluding hydrogens is 329 g/mol. The van der Waals surface area contributed by atoms with Crippen LogP contribution < -0.4 is 5.73 Å². The lowest BCUT2D eigenvalue weighted by Gasteiger charge is -2.43. The lowest BCUT2D eigenvalue weighted by molar-refractivity contribution is 0.115. The van der Waals surface area contributed by atoms with Gasteiger partial charge in [-0.1, -0.05) is 43.1 Å². The molecule has 0 bridgehead atoms. The van der Waals surface area contributed by atoms with Crippen LogP contribution in [0.3, 0.4) is 0 Å². The first kappa shape index (κ1) is 17.0. The van der Waals surface area contributed by atoms with Gasteiger partial charge in [-0.3, -0.25) is 0 Å². The Morgan fingerprint density at radius 2 is 1.95 bits per heavy atom. The smallest absolute Gasteiger partial charge is 0.126 e. The molecule has 0 heterocycles. The predicted octanol–water partition coefficient (Wildman–Crippen LogP) is 5.45. The Bertz CT molecular complexity index is 490. The molecule has 1 nitrogen and oxygen atoms in total. The predicted molar refractivity (Wildman–Crippen MR) is 90.8 cm³/mol. The molecule has 0 amide bonds. The standard InChI is InChI=1S/C18H27BrFN/c1-4-17(2,3)14-7-9-18(21,10-8-14)12-13-11-15(19)5-6-16(13)20/h5-6,11,14H,4,7-10,12,21H2,1-3H3. The first-order valence-corrected chi connectivity index (χ1v) is 8.78. The van der Waals surface area contributed by atoms with Crippen molar-refractivity contribution in [3.8, 4) is 0 Å². The average Bonchev–Trinajstić information content (AvgIpc) is 2.43. The first-order chi connectivity index (χ1) is 9.76. The topological polar surface area (TPSA) is 26.0 Å². The zero-order valence-electron chi connectivity index (χ0n) is 13.4. The lowest BCUT2D eigenvalue weighted by Crippen LogP contribution is -2.47. The molecule has 0 radical (unpaired) electrons. The van der Waals surface area contributed by atoms with Gasteiger partial charge in [-0.05, 0) is 67.2 Å². The summed E-state index contributed by atoms with van der Waals surface area (Å²) in [5.41, 5.74) is 7.45. The minimum Gasteiger partial charge on any atom is -0.325 e. The third-order valence-corrected chi connectivity index (χ3v) is 6.04. The molecular formula is C18H27BrFN. The van der Waals surface area contributed by atoms with Gasteiger partial charge in [0.15, 0.2) is 0 Å². The highest BCUT2D eigenvalue weighted by Crippen LogP contribution is 2.43. The third kappa shape index (κ3) is 4.07. The van der Waals surface area contributed by atoms with Gasteiger partial charge in [0.25, 0.3) is 0 Å². The normalized spacial score (nSPS) is 26.9. The van der Waals surface area contributed by atoms with E-state index in [0.717, 1.165) is 41.6 Å². The van der Waals surface area contributed by atoms with Gasteiger partial charge in [-0.2, -0.15) is 0 Å². The Labute approximate surface area is 136 Å². The average molecular weight is 356 g/mol. The number of nitrogens with two attached hydrogens (primary N) is 1. The van der Waals surface area contributed by atoms with E-state index in [1.54, 1.807) is 6.07 Å². The van der Waals surface area contributed by atoms with Crippen molar-refractivity contribution in [2.45, 2.75) is 64.8 Å². The van der Waals surface area contributed by atoms with Crippen LogP contribution in [-0.4, -0.2) is 5.54 Å². The minimum atomic E-state index is -0.248. The highest BCUT2D eigenvalue weighted by molar-refractivity contribution is 9.10. The second-order valence-electron chi connectivity index (χ2n) is 7.39. The second-order valence-corrected chi connectivity index (χ2v) is 8.31. The molecule has 1 aliphatic carbocycles. The van der Waals surface area contributed by atoms with Crippen molar-refractivity contribution in [1.82, 2.24) is 0 Å². The van der Waals surface area contributed by atoms with E-state index >= 15 is 0 Å². The zero-order chi connectivity index (χ0) is 15.7. The zero-order valence-corrected chi connectivity index (χ0v) is 15.0. The van der Waals surface area contributed by atoms with Gasteiger partial charge in [0.05, 0.1) is 0 Å². The van der Waals surface area contributed by atoms with Crippen molar-refractivity contribution in [3.63, 3.8) is 0 Å². The van der Waals surface area contributed by atoms with Crippen LogP contribution in [0.25, 0.3) is 0 Å². The Balaban J connectivity index is 2.04. The molecule has 118 valence electrons. The van der Waals surface area contributed by atoms with Gasteiger partial charge in [0.1, 0.15) is 5.82 Å². The molecule has 2 N–H and O–H groups in total. The third-order valence-electron chi connectivity index (χ3n) is 5.55. The summed E-state index contributed by atoms with van der Waals surface area (Å²) in [6, 6.07) is 5.13. The molecule has 0 aliphatic heterocycles. The van der Waals surface area contributed by atoms with E-state index in [4.69, 9.17) is 5.73 Å². The summed E-state index contributed by atoms with van der Waals surface area (Å²) < 4.78 is 14.9. The molecule has 3 heteroatoms. The highest BCUT2D eigenvalue weighted by atomic mass is 79.9. The van der Waals surface area contributed by atoms with Crippen LogP contribution in [0.5, 0.6) is 0 Å². The maximum absolute atomic E-state index is 13.9. The Morgan fingerprint density at radius 1 is 1.33 bits per heavy atom. The van der Waals surface area contributed by atoms with E-state index < -0.39 is 0 Å². The van der Waals surface area contributed by atoms with Gasteiger partial charge < -0.3 is 5.73 Å². The number of hydrogen-bond acceptors (Lipinski definition) is 1. The minimum absolute atomic E-state index is 0.140. The second kappa shape index (κ2) is 6.37. The highest BCUT2D eigenvalue weighted by Gasteiger charge is 2.37. The largest absolute Gasteiger partial charge is 0.325 e. The molecule has 1 aromatic rings. The fraction of sp³-hybridized carbons (Fsp3) is 0.667. The maximum atomic E-state index is 13.9. The summed E-state index contributed by atoms with van der Waals surface area (Å²) in [5, 5.41) is 0. The molecule has 21 heavy (non-hydrogen) atoms. The fourth-order valence-corrected chi connectivity index (χ4v) is 3.91. The van der Waals surface area contributed by atoms with Gasteiger partial charge in [-0.15, -0.1) is 0 Å². The van der Waals surface area contributed by atoms with Crippen molar-refractivity contribution in [2.75, 3.05) is 0 Å². The monoisotopic (exact) mass is 355 g/mol. The van der Waals surface area contributed by atoms with Gasteiger partial charge >= 0.3 is 0 Å². The summed E-state index contributed by atoms with van der Waals surface area (Å²) in [7, 11) is 0. The van der Waals surface area contributed by atoms with E-state index in [1.807, 2.05) is 6.07 Å². The van der Waals surface area contributed by atoms with Crippen LogP contribution in [0, 0.1) is 17.2 Å². The summed E-state index contributed by atoms with van der Waals surface area (Å²) >= 11 is 3.42. The van der Waals surface area contributed by atoms with Crippen molar-refractivity contribution < 1.29 is 4.39 Å².